The first-order chi connectivity index (χ1) is 8.64. The zero-order valence-electron chi connectivity index (χ0n) is 11.6. The molecule has 6 nitrogen and oxygen atoms in total. The van der Waals surface area contributed by atoms with Crippen LogP contribution in [0.1, 0.15) is 13.8 Å². The molecule has 7 heteroatoms. The number of hydrogen-bond donors (Lipinski definition) is 3. The summed E-state index contributed by atoms with van der Waals surface area (Å²) in [6.45, 7) is 5.57. The average Bonchev–Trinajstić information content (AvgIpc) is 2.34. The minimum absolute atomic E-state index is 0.0648. The SMILES string of the molecule is CCO[Si](CC(C)CNC)(OCCO)OCCO. The van der Waals surface area contributed by atoms with Crippen LogP contribution < -0.4 is 5.32 Å². The Balaban J connectivity index is 4.57. The van der Waals surface area contributed by atoms with E-state index in [1.807, 2.05) is 14.0 Å². The van der Waals surface area contributed by atoms with E-state index in [1.165, 1.54) is 0 Å². The smallest absolute Gasteiger partial charge is 0.394 e. The molecule has 0 aliphatic rings. The third kappa shape index (κ3) is 7.42. The Morgan fingerprint density at radius 1 is 1.11 bits per heavy atom. The van der Waals surface area contributed by atoms with Gasteiger partial charge in [0.25, 0.3) is 0 Å². The number of aliphatic hydroxyl groups excluding tert-OH is 2. The molecular weight excluding hydrogens is 254 g/mol. The summed E-state index contributed by atoms with van der Waals surface area (Å²) in [5, 5.41) is 20.9. The van der Waals surface area contributed by atoms with Crippen molar-refractivity contribution in [2.24, 2.45) is 5.92 Å². The van der Waals surface area contributed by atoms with E-state index in [1.54, 1.807) is 0 Å². The number of rotatable bonds is 12. The molecular formula is C11H27NO5Si. The minimum atomic E-state index is -2.80. The van der Waals surface area contributed by atoms with Crippen molar-refractivity contribution in [2.75, 3.05) is 46.6 Å². The summed E-state index contributed by atoms with van der Waals surface area (Å²) in [4.78, 5) is 0. The Labute approximate surface area is 111 Å². The molecule has 0 heterocycles. The third-order valence-electron chi connectivity index (χ3n) is 2.34. The van der Waals surface area contributed by atoms with Gasteiger partial charge in [-0.25, -0.2) is 0 Å². The summed E-state index contributed by atoms with van der Waals surface area (Å²) in [5.41, 5.74) is 0. The molecule has 0 bridgehead atoms. The van der Waals surface area contributed by atoms with Crippen LogP contribution in [0.2, 0.25) is 6.04 Å². The summed E-state index contributed by atoms with van der Waals surface area (Å²) in [5.74, 6) is 0.339. The van der Waals surface area contributed by atoms with Crippen LogP contribution in [0.15, 0.2) is 0 Å². The van der Waals surface area contributed by atoms with Gasteiger partial charge in [-0.05, 0) is 26.4 Å². The van der Waals surface area contributed by atoms with E-state index in [0.717, 1.165) is 6.54 Å². The molecule has 1 unspecified atom stereocenters. The largest absolute Gasteiger partial charge is 0.501 e. The van der Waals surface area contributed by atoms with Gasteiger partial charge in [0.05, 0.1) is 26.4 Å². The lowest BCUT2D eigenvalue weighted by Gasteiger charge is -2.31. The van der Waals surface area contributed by atoms with Crippen molar-refractivity contribution in [2.45, 2.75) is 19.9 Å². The van der Waals surface area contributed by atoms with Crippen LogP contribution in [-0.2, 0) is 13.3 Å². The van der Waals surface area contributed by atoms with Crippen molar-refractivity contribution >= 4 is 8.80 Å². The second-order valence-electron chi connectivity index (χ2n) is 4.13. The molecule has 0 spiro atoms. The second kappa shape index (κ2) is 10.9. The van der Waals surface area contributed by atoms with E-state index in [0.29, 0.717) is 18.6 Å². The van der Waals surface area contributed by atoms with Gasteiger partial charge in [0.1, 0.15) is 0 Å². The third-order valence-corrected chi connectivity index (χ3v) is 5.56. The highest BCUT2D eigenvalue weighted by Gasteiger charge is 2.42. The summed E-state index contributed by atoms with van der Waals surface area (Å²) >= 11 is 0. The molecule has 0 aliphatic carbocycles. The van der Waals surface area contributed by atoms with E-state index < -0.39 is 8.80 Å². The minimum Gasteiger partial charge on any atom is -0.394 e. The Kier molecular flexibility index (Phi) is 10.8. The van der Waals surface area contributed by atoms with Crippen molar-refractivity contribution in [3.8, 4) is 0 Å². The molecule has 0 saturated heterocycles. The molecule has 0 radical (unpaired) electrons. The summed E-state index contributed by atoms with van der Waals surface area (Å²) in [7, 11) is -0.905. The predicted molar refractivity (Wildman–Crippen MR) is 71.4 cm³/mol. The summed E-state index contributed by atoms with van der Waals surface area (Å²) < 4.78 is 17.0. The molecule has 1 atom stereocenters. The van der Waals surface area contributed by atoms with Gasteiger partial charge in [-0.2, -0.15) is 0 Å². The Morgan fingerprint density at radius 2 is 1.67 bits per heavy atom. The highest BCUT2D eigenvalue weighted by Crippen LogP contribution is 2.21. The molecule has 0 aliphatic heterocycles. The van der Waals surface area contributed by atoms with Crippen LogP contribution in [0, 0.1) is 5.92 Å². The zero-order valence-corrected chi connectivity index (χ0v) is 12.6. The summed E-state index contributed by atoms with van der Waals surface area (Å²) in [6.07, 6.45) is 0. The van der Waals surface area contributed by atoms with E-state index in [2.05, 4.69) is 12.2 Å². The zero-order chi connectivity index (χ0) is 13.9. The highest BCUT2D eigenvalue weighted by atomic mass is 28.4. The molecule has 0 aromatic carbocycles. The van der Waals surface area contributed by atoms with Crippen molar-refractivity contribution < 1.29 is 23.5 Å². The van der Waals surface area contributed by atoms with Crippen molar-refractivity contribution in [3.63, 3.8) is 0 Å². The van der Waals surface area contributed by atoms with Gasteiger partial charge in [0.2, 0.25) is 0 Å². The number of nitrogens with one attached hydrogen (secondary N) is 1. The van der Waals surface area contributed by atoms with Crippen molar-refractivity contribution in [3.05, 3.63) is 0 Å². The topological polar surface area (TPSA) is 80.2 Å². The van der Waals surface area contributed by atoms with Crippen molar-refractivity contribution in [1.29, 1.82) is 0 Å². The average molecular weight is 281 g/mol. The van der Waals surface area contributed by atoms with Gasteiger partial charge < -0.3 is 28.8 Å². The van der Waals surface area contributed by atoms with Crippen LogP contribution in [0.3, 0.4) is 0 Å². The first-order valence-corrected chi connectivity index (χ1v) is 8.35. The number of aliphatic hydroxyl groups is 2. The maximum absolute atomic E-state index is 8.89. The fourth-order valence-corrected chi connectivity index (χ4v) is 4.62. The van der Waals surface area contributed by atoms with Crippen molar-refractivity contribution in [1.82, 2.24) is 5.32 Å². The fraction of sp³-hybridized carbons (Fsp3) is 1.00. The first kappa shape index (κ1) is 18.0. The summed E-state index contributed by atoms with van der Waals surface area (Å²) in [6, 6.07) is 0.668. The van der Waals surface area contributed by atoms with Gasteiger partial charge in [-0.3, -0.25) is 0 Å². The molecule has 3 N–H and O–H groups in total. The van der Waals surface area contributed by atoms with Crippen LogP contribution in [0.4, 0.5) is 0 Å². The molecule has 0 aromatic rings. The van der Waals surface area contributed by atoms with Gasteiger partial charge in [-0.15, -0.1) is 0 Å². The Morgan fingerprint density at radius 3 is 2.06 bits per heavy atom. The van der Waals surface area contributed by atoms with Gasteiger partial charge >= 0.3 is 8.80 Å². The Bertz CT molecular complexity index is 188. The van der Waals surface area contributed by atoms with Crippen LogP contribution in [-0.4, -0.2) is 65.6 Å². The Hall–Kier alpha value is -0.0231. The maximum Gasteiger partial charge on any atom is 0.501 e. The highest BCUT2D eigenvalue weighted by molar-refractivity contribution is 6.60. The lowest BCUT2D eigenvalue weighted by molar-refractivity contribution is 0.0367. The first-order valence-electron chi connectivity index (χ1n) is 6.42. The van der Waals surface area contributed by atoms with E-state index in [-0.39, 0.29) is 26.4 Å². The van der Waals surface area contributed by atoms with E-state index >= 15 is 0 Å². The molecule has 0 aromatic heterocycles. The number of hydrogen-bond acceptors (Lipinski definition) is 6. The molecule has 0 saturated carbocycles. The van der Waals surface area contributed by atoms with Gasteiger partial charge in [-0.1, -0.05) is 6.92 Å². The van der Waals surface area contributed by atoms with Gasteiger partial charge in [0.15, 0.2) is 0 Å². The standard InChI is InChI=1S/C11H27NO5Si/c1-4-15-18(16-7-5-13,17-8-6-14)10-11(2)9-12-3/h11-14H,4-10H2,1-3H3. The molecule has 110 valence electrons. The molecule has 18 heavy (non-hydrogen) atoms. The maximum atomic E-state index is 8.89. The predicted octanol–water partition coefficient (Wildman–Crippen LogP) is -0.165. The van der Waals surface area contributed by atoms with Gasteiger partial charge in [0, 0.05) is 12.7 Å². The monoisotopic (exact) mass is 281 g/mol. The second-order valence-corrected chi connectivity index (χ2v) is 6.77. The quantitative estimate of drug-likeness (QED) is 0.431. The van der Waals surface area contributed by atoms with Crippen LogP contribution in [0.25, 0.3) is 0 Å². The lowest BCUT2D eigenvalue weighted by atomic mass is 10.2. The van der Waals surface area contributed by atoms with E-state index in [9.17, 15) is 0 Å². The molecule has 0 rings (SSSR count). The lowest BCUT2D eigenvalue weighted by Crippen LogP contribution is -2.49. The molecule has 0 fully saturated rings. The molecule has 0 amide bonds. The van der Waals surface area contributed by atoms with E-state index in [4.69, 9.17) is 23.5 Å². The normalized spacial score (nSPS) is 13.8. The van der Waals surface area contributed by atoms with Crippen LogP contribution >= 0.6 is 0 Å². The van der Waals surface area contributed by atoms with Crippen LogP contribution in [0.5, 0.6) is 0 Å². The fourth-order valence-electron chi connectivity index (χ4n) is 1.77.